The van der Waals surface area contributed by atoms with Gasteiger partial charge in [-0.3, -0.25) is 9.59 Å². The largest absolute Gasteiger partial charge is 0.497 e. The number of benzene rings is 2. The first-order valence-electron chi connectivity index (χ1n) is 10.00. The highest BCUT2D eigenvalue weighted by molar-refractivity contribution is 5.85. The molecule has 152 valence electrons. The van der Waals surface area contributed by atoms with Crippen LogP contribution in [0.15, 0.2) is 48.5 Å². The van der Waals surface area contributed by atoms with Gasteiger partial charge in [-0.15, -0.1) is 0 Å². The predicted molar refractivity (Wildman–Crippen MR) is 107 cm³/mol. The van der Waals surface area contributed by atoms with Crippen LogP contribution >= 0.6 is 0 Å². The quantitative estimate of drug-likeness (QED) is 0.816. The molecule has 1 saturated carbocycles. The maximum atomic E-state index is 13.1. The fourth-order valence-electron chi connectivity index (χ4n) is 3.95. The molecule has 6 heteroatoms. The number of hydrogen-bond donors (Lipinski definition) is 1. The Morgan fingerprint density at radius 2 is 1.76 bits per heavy atom. The van der Waals surface area contributed by atoms with Gasteiger partial charge in [0.2, 0.25) is 11.8 Å². The van der Waals surface area contributed by atoms with E-state index in [4.69, 9.17) is 4.74 Å². The van der Waals surface area contributed by atoms with Crippen molar-refractivity contribution in [3.63, 3.8) is 0 Å². The molecule has 29 heavy (non-hydrogen) atoms. The maximum absolute atomic E-state index is 13.1. The molecule has 0 aromatic heterocycles. The molecule has 2 amide bonds. The Bertz CT molecular complexity index is 878. The molecule has 2 atom stereocenters. The summed E-state index contributed by atoms with van der Waals surface area (Å²) in [6.45, 7) is 1.32. The molecule has 1 saturated heterocycles. The van der Waals surface area contributed by atoms with Crippen molar-refractivity contribution >= 4 is 11.8 Å². The van der Waals surface area contributed by atoms with Crippen LogP contribution in [0.5, 0.6) is 5.75 Å². The van der Waals surface area contributed by atoms with Crippen LogP contribution in [0.25, 0.3) is 0 Å². The third kappa shape index (κ3) is 4.42. The van der Waals surface area contributed by atoms with Gasteiger partial charge in [0.25, 0.3) is 0 Å². The third-order valence-corrected chi connectivity index (χ3v) is 5.82. The lowest BCUT2D eigenvalue weighted by Crippen LogP contribution is -2.35. The highest BCUT2D eigenvalue weighted by Crippen LogP contribution is 2.38. The minimum atomic E-state index is -0.313. The van der Waals surface area contributed by atoms with Crippen LogP contribution in [-0.2, 0) is 16.1 Å². The van der Waals surface area contributed by atoms with Crippen molar-refractivity contribution in [2.75, 3.05) is 20.2 Å². The second-order valence-corrected chi connectivity index (χ2v) is 7.85. The molecule has 0 bridgehead atoms. The van der Waals surface area contributed by atoms with Gasteiger partial charge in [-0.1, -0.05) is 24.3 Å². The lowest BCUT2D eigenvalue weighted by molar-refractivity contribution is -0.132. The van der Waals surface area contributed by atoms with Gasteiger partial charge in [-0.05, 0) is 48.2 Å². The highest BCUT2D eigenvalue weighted by Gasteiger charge is 2.43. The second-order valence-electron chi connectivity index (χ2n) is 7.85. The van der Waals surface area contributed by atoms with E-state index in [1.165, 1.54) is 12.1 Å². The number of nitrogens with zero attached hydrogens (tertiary/aromatic N) is 1. The first-order chi connectivity index (χ1) is 14.0. The molecule has 2 aromatic rings. The molecular weight excluding hydrogens is 371 g/mol. The summed E-state index contributed by atoms with van der Waals surface area (Å²) in [7, 11) is 1.62. The Hall–Kier alpha value is -2.89. The molecule has 1 N–H and O–H groups in total. The lowest BCUT2D eigenvalue weighted by atomic mass is 9.88. The van der Waals surface area contributed by atoms with Gasteiger partial charge in [0.1, 0.15) is 11.6 Å². The number of hydrogen-bond acceptors (Lipinski definition) is 3. The molecule has 0 unspecified atom stereocenters. The van der Waals surface area contributed by atoms with Gasteiger partial charge >= 0.3 is 0 Å². The Kier molecular flexibility index (Phi) is 5.51. The van der Waals surface area contributed by atoms with Gasteiger partial charge in [0.05, 0.1) is 13.0 Å². The van der Waals surface area contributed by atoms with Gasteiger partial charge in [-0.25, -0.2) is 4.39 Å². The van der Waals surface area contributed by atoms with Crippen LogP contribution in [0.1, 0.15) is 29.9 Å². The van der Waals surface area contributed by atoms with E-state index in [0.717, 1.165) is 29.7 Å². The van der Waals surface area contributed by atoms with E-state index in [9.17, 15) is 14.0 Å². The van der Waals surface area contributed by atoms with E-state index >= 15 is 0 Å². The number of amides is 2. The topological polar surface area (TPSA) is 58.6 Å². The summed E-state index contributed by atoms with van der Waals surface area (Å²) < 4.78 is 18.3. The lowest BCUT2D eigenvalue weighted by Gasteiger charge is -2.18. The van der Waals surface area contributed by atoms with Crippen LogP contribution in [0.4, 0.5) is 4.39 Å². The van der Waals surface area contributed by atoms with E-state index in [1.807, 2.05) is 29.2 Å². The zero-order valence-electron chi connectivity index (χ0n) is 16.4. The molecule has 1 aliphatic heterocycles. The van der Waals surface area contributed by atoms with E-state index < -0.39 is 0 Å². The fraction of sp³-hybridized carbons (Fsp3) is 0.391. The van der Waals surface area contributed by atoms with Crippen LogP contribution < -0.4 is 10.1 Å². The predicted octanol–water partition coefficient (Wildman–Crippen LogP) is 3.10. The van der Waals surface area contributed by atoms with Crippen molar-refractivity contribution in [2.45, 2.75) is 25.3 Å². The van der Waals surface area contributed by atoms with Crippen LogP contribution in [0.3, 0.4) is 0 Å². The molecule has 2 aromatic carbocycles. The van der Waals surface area contributed by atoms with Crippen molar-refractivity contribution in [1.82, 2.24) is 10.2 Å². The molecule has 0 spiro atoms. The fourth-order valence-corrected chi connectivity index (χ4v) is 3.95. The summed E-state index contributed by atoms with van der Waals surface area (Å²) >= 11 is 0. The zero-order chi connectivity index (χ0) is 20.4. The summed E-state index contributed by atoms with van der Waals surface area (Å²) in [5.41, 5.74) is 1.86. The first-order valence-corrected chi connectivity index (χ1v) is 10.00. The van der Waals surface area contributed by atoms with Crippen molar-refractivity contribution in [3.05, 3.63) is 65.5 Å². The average Bonchev–Trinajstić information content (AvgIpc) is 3.50. The Labute approximate surface area is 169 Å². The molecule has 2 aliphatic rings. The molecule has 0 radical (unpaired) electrons. The molecular formula is C23H25FN2O3. The van der Waals surface area contributed by atoms with Crippen molar-refractivity contribution in [2.24, 2.45) is 11.8 Å². The van der Waals surface area contributed by atoms with Gasteiger partial charge < -0.3 is 15.0 Å². The van der Waals surface area contributed by atoms with Crippen molar-refractivity contribution < 1.29 is 18.7 Å². The van der Waals surface area contributed by atoms with Gasteiger partial charge in [0, 0.05) is 31.5 Å². The Morgan fingerprint density at radius 1 is 1.07 bits per heavy atom. The Morgan fingerprint density at radius 3 is 2.38 bits per heavy atom. The van der Waals surface area contributed by atoms with Gasteiger partial charge in [0.15, 0.2) is 0 Å². The standard InChI is InChI=1S/C23H25FN2O3/c1-29-19-10-6-16(7-11-19)20-13-26(23(28)17-4-5-17)14-21(20)22(27)25-12-15-2-8-18(24)9-3-15/h2-3,6-11,17,20-21H,4-5,12-14H2,1H3,(H,25,27)/t20-,21-/m1/s1. The van der Waals surface area contributed by atoms with Gasteiger partial charge in [-0.2, -0.15) is 0 Å². The number of methoxy groups -OCH3 is 1. The first kappa shape index (κ1) is 19.4. The molecule has 2 fully saturated rings. The van der Waals surface area contributed by atoms with E-state index in [0.29, 0.717) is 19.6 Å². The van der Waals surface area contributed by atoms with Crippen LogP contribution in [0, 0.1) is 17.7 Å². The Balaban J connectivity index is 1.49. The number of likely N-dealkylation sites (tertiary alicyclic amines) is 1. The number of halogens is 1. The van der Waals surface area contributed by atoms with E-state index in [1.54, 1.807) is 19.2 Å². The summed E-state index contributed by atoms with van der Waals surface area (Å²) in [4.78, 5) is 27.4. The molecule has 5 nitrogen and oxygen atoms in total. The minimum Gasteiger partial charge on any atom is -0.497 e. The molecule has 4 rings (SSSR count). The summed E-state index contributed by atoms with van der Waals surface area (Å²) in [5.74, 6) is 0.300. The highest BCUT2D eigenvalue weighted by atomic mass is 19.1. The summed E-state index contributed by atoms with van der Waals surface area (Å²) in [6, 6.07) is 13.8. The van der Waals surface area contributed by atoms with Crippen LogP contribution in [-0.4, -0.2) is 36.9 Å². The van der Waals surface area contributed by atoms with E-state index in [-0.39, 0.29) is 35.4 Å². The van der Waals surface area contributed by atoms with Crippen molar-refractivity contribution in [1.29, 1.82) is 0 Å². The van der Waals surface area contributed by atoms with E-state index in [2.05, 4.69) is 5.32 Å². The third-order valence-electron chi connectivity index (χ3n) is 5.82. The average molecular weight is 396 g/mol. The zero-order valence-corrected chi connectivity index (χ0v) is 16.4. The minimum absolute atomic E-state index is 0.0585. The SMILES string of the molecule is COc1ccc([C@H]2CN(C(=O)C3CC3)C[C@H]2C(=O)NCc2ccc(F)cc2)cc1. The monoisotopic (exact) mass is 396 g/mol. The summed E-state index contributed by atoms with van der Waals surface area (Å²) in [5, 5.41) is 2.96. The molecule has 1 heterocycles. The number of rotatable bonds is 6. The smallest absolute Gasteiger partial charge is 0.225 e. The number of nitrogens with one attached hydrogen (secondary N) is 1. The second kappa shape index (κ2) is 8.23. The molecule has 1 aliphatic carbocycles. The normalized spacial score (nSPS) is 21.1. The van der Waals surface area contributed by atoms with Crippen LogP contribution in [0.2, 0.25) is 0 Å². The summed E-state index contributed by atoms with van der Waals surface area (Å²) in [6.07, 6.45) is 1.90. The number of ether oxygens (including phenoxy) is 1. The number of carbonyl (C=O) groups excluding carboxylic acids is 2. The maximum Gasteiger partial charge on any atom is 0.225 e. The number of carbonyl (C=O) groups is 2. The van der Waals surface area contributed by atoms with Crippen molar-refractivity contribution in [3.8, 4) is 5.75 Å².